The molecule has 90 valence electrons. The SMILES string of the molecule is CCNC(=O)Nc1cc(Cl)nn2c(C)nnc12. The number of rotatable bonds is 2. The molecule has 0 spiro atoms. The average molecular weight is 255 g/mol. The van der Waals surface area contributed by atoms with E-state index in [-0.39, 0.29) is 11.2 Å². The maximum absolute atomic E-state index is 11.4. The summed E-state index contributed by atoms with van der Waals surface area (Å²) in [5, 5.41) is 17.3. The highest BCUT2D eigenvalue weighted by Crippen LogP contribution is 2.18. The van der Waals surface area contributed by atoms with E-state index in [9.17, 15) is 4.79 Å². The van der Waals surface area contributed by atoms with E-state index >= 15 is 0 Å². The van der Waals surface area contributed by atoms with Crippen LogP contribution in [0.1, 0.15) is 12.7 Å². The molecule has 0 fully saturated rings. The third-order valence-electron chi connectivity index (χ3n) is 2.08. The molecule has 2 rings (SSSR count). The van der Waals surface area contributed by atoms with Gasteiger partial charge in [0.25, 0.3) is 0 Å². The number of anilines is 1. The lowest BCUT2D eigenvalue weighted by molar-refractivity contribution is 0.252. The summed E-state index contributed by atoms with van der Waals surface area (Å²) in [4.78, 5) is 11.4. The van der Waals surface area contributed by atoms with Crippen LogP contribution in [0.2, 0.25) is 5.15 Å². The first-order valence-corrected chi connectivity index (χ1v) is 5.43. The molecule has 0 radical (unpaired) electrons. The zero-order valence-electron chi connectivity index (χ0n) is 9.36. The van der Waals surface area contributed by atoms with E-state index in [1.807, 2.05) is 6.92 Å². The zero-order valence-corrected chi connectivity index (χ0v) is 10.1. The predicted molar refractivity (Wildman–Crippen MR) is 63.2 cm³/mol. The van der Waals surface area contributed by atoms with Gasteiger partial charge in [-0.15, -0.1) is 10.2 Å². The van der Waals surface area contributed by atoms with E-state index in [0.29, 0.717) is 23.7 Å². The van der Waals surface area contributed by atoms with Gasteiger partial charge in [-0.25, -0.2) is 4.79 Å². The van der Waals surface area contributed by atoms with Crippen molar-refractivity contribution in [2.45, 2.75) is 13.8 Å². The van der Waals surface area contributed by atoms with Crippen LogP contribution in [0.15, 0.2) is 6.07 Å². The van der Waals surface area contributed by atoms with Crippen LogP contribution in [0.5, 0.6) is 0 Å². The van der Waals surface area contributed by atoms with Gasteiger partial charge in [-0.1, -0.05) is 11.6 Å². The highest BCUT2D eigenvalue weighted by atomic mass is 35.5. The Morgan fingerprint density at radius 2 is 2.29 bits per heavy atom. The van der Waals surface area contributed by atoms with Crippen molar-refractivity contribution < 1.29 is 4.79 Å². The number of aryl methyl sites for hydroxylation is 1. The summed E-state index contributed by atoms with van der Waals surface area (Å²) in [5.74, 6) is 0.599. The summed E-state index contributed by atoms with van der Waals surface area (Å²) in [6.45, 7) is 4.11. The number of halogens is 1. The summed E-state index contributed by atoms with van der Waals surface area (Å²) < 4.78 is 1.48. The second-order valence-corrected chi connectivity index (χ2v) is 3.74. The number of carbonyl (C=O) groups is 1. The van der Waals surface area contributed by atoms with Gasteiger partial charge in [0.15, 0.2) is 11.0 Å². The Hall–Kier alpha value is -1.89. The third kappa shape index (κ3) is 2.28. The number of hydrogen-bond acceptors (Lipinski definition) is 4. The van der Waals surface area contributed by atoms with Crippen LogP contribution < -0.4 is 10.6 Å². The fourth-order valence-electron chi connectivity index (χ4n) is 1.37. The normalized spacial score (nSPS) is 10.5. The lowest BCUT2D eigenvalue weighted by Gasteiger charge is -2.06. The molecule has 0 atom stereocenters. The Labute approximate surface area is 102 Å². The van der Waals surface area contributed by atoms with Crippen molar-refractivity contribution >= 4 is 29.0 Å². The van der Waals surface area contributed by atoms with Crippen molar-refractivity contribution in [2.24, 2.45) is 0 Å². The lowest BCUT2D eigenvalue weighted by Crippen LogP contribution is -2.28. The Kier molecular flexibility index (Phi) is 3.10. The van der Waals surface area contributed by atoms with Gasteiger partial charge in [-0.05, 0) is 13.8 Å². The summed E-state index contributed by atoms with van der Waals surface area (Å²) in [5.41, 5.74) is 0.926. The van der Waals surface area contributed by atoms with E-state index in [1.165, 1.54) is 10.6 Å². The summed E-state index contributed by atoms with van der Waals surface area (Å²) >= 11 is 5.85. The highest BCUT2D eigenvalue weighted by molar-refractivity contribution is 6.29. The quantitative estimate of drug-likeness (QED) is 0.844. The Morgan fingerprint density at radius 3 is 3.00 bits per heavy atom. The molecule has 0 aliphatic carbocycles. The van der Waals surface area contributed by atoms with Crippen molar-refractivity contribution in [1.29, 1.82) is 0 Å². The zero-order chi connectivity index (χ0) is 12.4. The van der Waals surface area contributed by atoms with Gasteiger partial charge >= 0.3 is 6.03 Å². The van der Waals surface area contributed by atoms with Gasteiger partial charge in [-0.2, -0.15) is 9.61 Å². The summed E-state index contributed by atoms with van der Waals surface area (Å²) in [6.07, 6.45) is 0. The van der Waals surface area contributed by atoms with E-state index < -0.39 is 0 Å². The second kappa shape index (κ2) is 4.54. The molecule has 0 aliphatic rings. The number of nitrogens with zero attached hydrogens (tertiary/aromatic N) is 4. The summed E-state index contributed by atoms with van der Waals surface area (Å²) in [7, 11) is 0. The van der Waals surface area contributed by atoms with Crippen molar-refractivity contribution in [3.63, 3.8) is 0 Å². The molecule has 2 amide bonds. The minimum atomic E-state index is -0.322. The van der Waals surface area contributed by atoms with E-state index in [2.05, 4.69) is 25.9 Å². The predicted octanol–water partition coefficient (Wildman–Crippen LogP) is 1.23. The van der Waals surface area contributed by atoms with Gasteiger partial charge in [-0.3, -0.25) is 0 Å². The number of urea groups is 1. The van der Waals surface area contributed by atoms with Crippen molar-refractivity contribution in [2.75, 3.05) is 11.9 Å². The van der Waals surface area contributed by atoms with Gasteiger partial charge in [0, 0.05) is 12.6 Å². The molecular formula is C9H11ClN6O. The minimum Gasteiger partial charge on any atom is -0.338 e. The van der Waals surface area contributed by atoms with E-state index in [0.717, 1.165) is 0 Å². The Balaban J connectivity index is 2.42. The molecule has 7 nitrogen and oxygen atoms in total. The number of fused-ring (bicyclic) bond motifs is 1. The molecule has 0 bridgehead atoms. The first-order chi connectivity index (χ1) is 8.11. The van der Waals surface area contributed by atoms with Crippen LogP contribution in [0.3, 0.4) is 0 Å². The Bertz CT molecular complexity index is 566. The minimum absolute atomic E-state index is 0.257. The van der Waals surface area contributed by atoms with Crippen LogP contribution in [0, 0.1) is 6.92 Å². The lowest BCUT2D eigenvalue weighted by atomic mass is 10.4. The molecule has 0 unspecified atom stereocenters. The first-order valence-electron chi connectivity index (χ1n) is 5.05. The molecule has 2 N–H and O–H groups in total. The molecule has 0 saturated carbocycles. The van der Waals surface area contributed by atoms with Gasteiger partial charge < -0.3 is 10.6 Å². The molecule has 0 saturated heterocycles. The number of hydrogen-bond donors (Lipinski definition) is 2. The molecule has 2 aromatic heterocycles. The van der Waals surface area contributed by atoms with Crippen LogP contribution >= 0.6 is 11.6 Å². The van der Waals surface area contributed by atoms with Gasteiger partial charge in [0.2, 0.25) is 5.65 Å². The molecular weight excluding hydrogens is 244 g/mol. The van der Waals surface area contributed by atoms with Crippen LogP contribution in [0.25, 0.3) is 5.65 Å². The van der Waals surface area contributed by atoms with Crippen molar-refractivity contribution in [1.82, 2.24) is 25.1 Å². The maximum Gasteiger partial charge on any atom is 0.319 e. The van der Waals surface area contributed by atoms with Gasteiger partial charge in [0.1, 0.15) is 0 Å². The smallest absolute Gasteiger partial charge is 0.319 e. The molecule has 2 aromatic rings. The number of aromatic nitrogens is 4. The number of nitrogens with one attached hydrogen (secondary N) is 2. The van der Waals surface area contributed by atoms with Crippen LogP contribution in [-0.4, -0.2) is 32.4 Å². The first kappa shape index (κ1) is 11.6. The van der Waals surface area contributed by atoms with E-state index in [1.54, 1.807) is 6.92 Å². The Morgan fingerprint density at radius 1 is 1.53 bits per heavy atom. The third-order valence-corrected chi connectivity index (χ3v) is 2.27. The number of carbonyl (C=O) groups excluding carboxylic acids is 1. The number of amides is 2. The molecule has 2 heterocycles. The van der Waals surface area contributed by atoms with Crippen LogP contribution in [0.4, 0.5) is 10.5 Å². The van der Waals surface area contributed by atoms with E-state index in [4.69, 9.17) is 11.6 Å². The molecule has 8 heteroatoms. The maximum atomic E-state index is 11.4. The largest absolute Gasteiger partial charge is 0.338 e. The topological polar surface area (TPSA) is 84.2 Å². The standard InChI is InChI=1S/C9H11ClN6O/c1-3-11-9(17)12-6-4-7(10)15-16-5(2)13-14-8(6)16/h4H,3H2,1-2H3,(H2,11,12,17). The molecule has 0 aliphatic heterocycles. The molecule has 17 heavy (non-hydrogen) atoms. The van der Waals surface area contributed by atoms with Crippen LogP contribution in [-0.2, 0) is 0 Å². The fourth-order valence-corrected chi connectivity index (χ4v) is 1.56. The second-order valence-electron chi connectivity index (χ2n) is 3.35. The average Bonchev–Trinajstić information content (AvgIpc) is 2.61. The fraction of sp³-hybridized carbons (Fsp3) is 0.333. The highest BCUT2D eigenvalue weighted by Gasteiger charge is 2.11. The van der Waals surface area contributed by atoms with Gasteiger partial charge in [0.05, 0.1) is 5.69 Å². The van der Waals surface area contributed by atoms with Crippen molar-refractivity contribution in [3.8, 4) is 0 Å². The molecule has 0 aromatic carbocycles. The monoisotopic (exact) mass is 254 g/mol. The summed E-state index contributed by atoms with van der Waals surface area (Å²) in [6, 6.07) is 1.21. The van der Waals surface area contributed by atoms with Crippen molar-refractivity contribution in [3.05, 3.63) is 17.0 Å².